The van der Waals surface area contributed by atoms with Gasteiger partial charge in [-0.3, -0.25) is 23.7 Å². The van der Waals surface area contributed by atoms with Gasteiger partial charge in [-0.2, -0.15) is 0 Å². The Balaban J connectivity index is 1.33. The van der Waals surface area contributed by atoms with Gasteiger partial charge in [0.25, 0.3) is 18.2 Å². The van der Waals surface area contributed by atoms with Crippen molar-refractivity contribution in [1.29, 1.82) is 0 Å². The van der Waals surface area contributed by atoms with Gasteiger partial charge in [0.05, 0.1) is 33.5 Å². The zero-order chi connectivity index (χ0) is 29.3. The number of carbonyl (C=O) groups is 2. The minimum atomic E-state index is -2.89. The molecule has 4 aromatic rings. The third-order valence-electron chi connectivity index (χ3n) is 7.58. The molecule has 2 N–H and O–H groups in total. The van der Waals surface area contributed by atoms with Crippen LogP contribution in [0.5, 0.6) is 0 Å². The van der Waals surface area contributed by atoms with E-state index < -0.39 is 18.0 Å². The SMILES string of the molecule is CNC(=O)c1cc(C)c(-n2c(=O)n(CC3CCC(NC(=O)c4cc(Cl)cnc4C(F)F)CC3)c3ccccc32)cn1. The van der Waals surface area contributed by atoms with Crippen LogP contribution in [0.25, 0.3) is 16.7 Å². The number of pyridine rings is 2. The largest absolute Gasteiger partial charge is 0.354 e. The molecule has 0 unspecified atom stereocenters. The molecule has 3 heterocycles. The summed E-state index contributed by atoms with van der Waals surface area (Å²) in [7, 11) is 1.53. The highest BCUT2D eigenvalue weighted by Gasteiger charge is 2.27. The molecule has 1 aromatic carbocycles. The Bertz CT molecular complexity index is 1680. The van der Waals surface area contributed by atoms with Crippen LogP contribution in [0.15, 0.2) is 53.6 Å². The van der Waals surface area contributed by atoms with Crippen molar-refractivity contribution in [2.75, 3.05) is 7.05 Å². The fraction of sp³-hybridized carbons (Fsp3) is 0.345. The molecule has 0 spiro atoms. The Morgan fingerprint density at radius 2 is 1.76 bits per heavy atom. The number of imidazole rings is 1. The average Bonchev–Trinajstić information content (AvgIpc) is 3.24. The zero-order valence-corrected chi connectivity index (χ0v) is 23.3. The summed E-state index contributed by atoms with van der Waals surface area (Å²) in [5.41, 5.74) is 2.12. The fourth-order valence-electron chi connectivity index (χ4n) is 5.47. The third-order valence-corrected chi connectivity index (χ3v) is 7.79. The number of para-hydroxylation sites is 2. The maximum Gasteiger partial charge on any atom is 0.333 e. The first-order valence-electron chi connectivity index (χ1n) is 13.3. The molecule has 1 fully saturated rings. The number of halogens is 3. The first kappa shape index (κ1) is 28.4. The zero-order valence-electron chi connectivity index (χ0n) is 22.5. The molecule has 2 amide bonds. The second-order valence-electron chi connectivity index (χ2n) is 10.2. The van der Waals surface area contributed by atoms with E-state index in [1.54, 1.807) is 21.4 Å². The normalized spacial score (nSPS) is 17.1. The van der Waals surface area contributed by atoms with Crippen LogP contribution in [0.4, 0.5) is 8.78 Å². The maximum atomic E-state index is 13.8. The summed E-state index contributed by atoms with van der Waals surface area (Å²) >= 11 is 5.90. The lowest BCUT2D eigenvalue weighted by Gasteiger charge is -2.29. The molecule has 1 aliphatic rings. The number of nitrogens with zero attached hydrogens (tertiary/aromatic N) is 4. The van der Waals surface area contributed by atoms with Crippen LogP contribution < -0.4 is 16.3 Å². The Labute approximate surface area is 239 Å². The average molecular weight is 583 g/mol. The Kier molecular flexibility index (Phi) is 8.16. The topological polar surface area (TPSA) is 111 Å². The lowest BCUT2D eigenvalue weighted by Crippen LogP contribution is -2.39. The van der Waals surface area contributed by atoms with Gasteiger partial charge in [-0.25, -0.2) is 18.6 Å². The highest BCUT2D eigenvalue weighted by molar-refractivity contribution is 6.30. The molecule has 9 nitrogen and oxygen atoms in total. The van der Waals surface area contributed by atoms with Crippen LogP contribution in [-0.2, 0) is 6.54 Å². The second kappa shape index (κ2) is 11.8. The summed E-state index contributed by atoms with van der Waals surface area (Å²) < 4.78 is 30.1. The van der Waals surface area contributed by atoms with Gasteiger partial charge in [0, 0.05) is 25.8 Å². The highest BCUT2D eigenvalue weighted by Crippen LogP contribution is 2.29. The molecule has 0 saturated heterocycles. The monoisotopic (exact) mass is 582 g/mol. The summed E-state index contributed by atoms with van der Waals surface area (Å²) in [5.74, 6) is -0.746. The standard InChI is InChI=1S/C29H29ClF2N6O3/c1-16-11-21(28(40)33-2)34-14-24(16)38-23-6-4-3-5-22(23)37(29(38)41)15-17-7-9-19(10-8-17)36-27(39)20-12-18(30)13-35-25(20)26(31)32/h3-6,11-14,17,19,26H,7-10,15H2,1-2H3,(H,33,40)(H,36,39). The van der Waals surface area contributed by atoms with E-state index in [2.05, 4.69) is 20.6 Å². The molecule has 12 heteroatoms. The van der Waals surface area contributed by atoms with Crippen molar-refractivity contribution in [2.24, 2.45) is 5.92 Å². The number of fused-ring (bicyclic) bond motifs is 1. The molecule has 0 radical (unpaired) electrons. The fourth-order valence-corrected chi connectivity index (χ4v) is 5.63. The highest BCUT2D eigenvalue weighted by atomic mass is 35.5. The number of aryl methyl sites for hydroxylation is 1. The van der Waals surface area contributed by atoms with Crippen molar-refractivity contribution in [2.45, 2.75) is 51.6 Å². The number of alkyl halides is 2. The predicted molar refractivity (Wildman–Crippen MR) is 151 cm³/mol. The van der Waals surface area contributed by atoms with Crippen LogP contribution in [-0.4, -0.2) is 44.0 Å². The molecule has 1 saturated carbocycles. The molecule has 3 aromatic heterocycles. The van der Waals surface area contributed by atoms with Crippen molar-refractivity contribution in [3.63, 3.8) is 0 Å². The van der Waals surface area contributed by atoms with Gasteiger partial charge in [-0.1, -0.05) is 23.7 Å². The number of amides is 2. The molecular formula is C29H29ClF2N6O3. The van der Waals surface area contributed by atoms with E-state index in [1.807, 2.05) is 31.2 Å². The van der Waals surface area contributed by atoms with Crippen molar-refractivity contribution >= 4 is 34.4 Å². The van der Waals surface area contributed by atoms with Crippen molar-refractivity contribution in [1.82, 2.24) is 29.7 Å². The van der Waals surface area contributed by atoms with Crippen molar-refractivity contribution in [3.05, 3.63) is 86.8 Å². The van der Waals surface area contributed by atoms with Gasteiger partial charge in [0.1, 0.15) is 11.4 Å². The minimum Gasteiger partial charge on any atom is -0.354 e. The molecule has 1 aliphatic carbocycles. The quantitative estimate of drug-likeness (QED) is 0.324. The molecule has 5 rings (SSSR count). The number of aromatic nitrogens is 4. The van der Waals surface area contributed by atoms with Crippen LogP contribution in [0.1, 0.15) is 64.2 Å². The molecule has 0 atom stereocenters. The second-order valence-corrected chi connectivity index (χ2v) is 10.7. The van der Waals surface area contributed by atoms with Crippen LogP contribution in [0, 0.1) is 12.8 Å². The van der Waals surface area contributed by atoms with Crippen molar-refractivity contribution < 1.29 is 18.4 Å². The van der Waals surface area contributed by atoms with Crippen LogP contribution in [0.2, 0.25) is 5.02 Å². The lowest BCUT2D eigenvalue weighted by atomic mass is 9.85. The number of carbonyl (C=O) groups excluding carboxylic acids is 2. The molecule has 0 aliphatic heterocycles. The smallest absolute Gasteiger partial charge is 0.333 e. The van der Waals surface area contributed by atoms with E-state index >= 15 is 0 Å². The van der Waals surface area contributed by atoms with Crippen LogP contribution in [0.3, 0.4) is 0 Å². The summed E-state index contributed by atoms with van der Waals surface area (Å²) in [4.78, 5) is 46.4. The van der Waals surface area contributed by atoms with Crippen molar-refractivity contribution in [3.8, 4) is 5.69 Å². The maximum absolute atomic E-state index is 13.8. The lowest BCUT2D eigenvalue weighted by molar-refractivity contribution is 0.0903. The summed E-state index contributed by atoms with van der Waals surface area (Å²) in [5, 5.41) is 5.52. The van der Waals surface area contributed by atoms with Gasteiger partial charge in [-0.15, -0.1) is 0 Å². The van der Waals surface area contributed by atoms with E-state index in [1.165, 1.54) is 13.1 Å². The number of hydrogen-bond donors (Lipinski definition) is 2. The summed E-state index contributed by atoms with van der Waals surface area (Å²) in [6.07, 6.45) is 2.53. The summed E-state index contributed by atoms with van der Waals surface area (Å²) in [6.45, 7) is 2.32. The Morgan fingerprint density at radius 3 is 2.41 bits per heavy atom. The minimum absolute atomic E-state index is 0.112. The van der Waals surface area contributed by atoms with E-state index in [4.69, 9.17) is 11.6 Å². The first-order chi connectivity index (χ1) is 19.7. The van der Waals surface area contributed by atoms with Crippen LogP contribution >= 0.6 is 11.6 Å². The van der Waals surface area contributed by atoms with Gasteiger partial charge < -0.3 is 10.6 Å². The number of nitrogens with one attached hydrogen (secondary N) is 2. The third kappa shape index (κ3) is 5.72. The number of hydrogen-bond acceptors (Lipinski definition) is 5. The van der Waals surface area contributed by atoms with E-state index in [0.717, 1.165) is 35.6 Å². The first-order valence-corrected chi connectivity index (χ1v) is 13.7. The van der Waals surface area contributed by atoms with E-state index in [-0.39, 0.29) is 39.8 Å². The van der Waals surface area contributed by atoms with Gasteiger partial charge >= 0.3 is 5.69 Å². The molecule has 0 bridgehead atoms. The Morgan fingerprint density at radius 1 is 1.05 bits per heavy atom. The van der Waals surface area contributed by atoms with E-state index in [0.29, 0.717) is 25.1 Å². The molecule has 41 heavy (non-hydrogen) atoms. The van der Waals surface area contributed by atoms with Gasteiger partial charge in [0.2, 0.25) is 0 Å². The Hall–Kier alpha value is -4.12. The number of rotatable bonds is 7. The molecule has 214 valence electrons. The number of benzene rings is 1. The predicted octanol–water partition coefficient (Wildman–Crippen LogP) is 4.83. The van der Waals surface area contributed by atoms with Gasteiger partial charge in [-0.05, 0) is 68.4 Å². The molecular weight excluding hydrogens is 554 g/mol. The van der Waals surface area contributed by atoms with E-state index in [9.17, 15) is 23.2 Å². The van der Waals surface area contributed by atoms with Gasteiger partial charge in [0.15, 0.2) is 0 Å². The summed E-state index contributed by atoms with van der Waals surface area (Å²) in [6, 6.07) is 10.2.